The third kappa shape index (κ3) is 2.70. The van der Waals surface area contributed by atoms with E-state index in [1.165, 1.54) is 16.7 Å². The molecule has 0 amide bonds. The SMILES string of the molecule is CC(C)c1cccc(C(C)C)c1-c1cn2c3ncncc3c3ccccc3c2n1. The topological polar surface area (TPSA) is 43.1 Å². The summed E-state index contributed by atoms with van der Waals surface area (Å²) in [6.07, 6.45) is 5.65. The van der Waals surface area contributed by atoms with Gasteiger partial charge in [0, 0.05) is 28.7 Å². The number of pyridine rings is 1. The zero-order valence-corrected chi connectivity index (χ0v) is 17.2. The molecule has 2 aromatic carbocycles. The lowest BCUT2D eigenvalue weighted by Crippen LogP contribution is -1.99. The number of aromatic nitrogens is 4. The second-order valence-corrected chi connectivity index (χ2v) is 8.25. The first-order valence-corrected chi connectivity index (χ1v) is 10.2. The molecule has 144 valence electrons. The number of hydrogen-bond acceptors (Lipinski definition) is 3. The van der Waals surface area contributed by atoms with Crippen molar-refractivity contribution in [1.82, 2.24) is 19.4 Å². The van der Waals surface area contributed by atoms with Gasteiger partial charge in [-0.05, 0) is 28.3 Å². The van der Waals surface area contributed by atoms with Gasteiger partial charge in [-0.25, -0.2) is 15.0 Å². The molecule has 0 N–H and O–H groups in total. The van der Waals surface area contributed by atoms with Gasteiger partial charge in [0.15, 0.2) is 0 Å². The first-order valence-electron chi connectivity index (χ1n) is 10.2. The van der Waals surface area contributed by atoms with Gasteiger partial charge < -0.3 is 0 Å². The van der Waals surface area contributed by atoms with Crippen molar-refractivity contribution in [2.75, 3.05) is 0 Å². The molecule has 0 spiro atoms. The van der Waals surface area contributed by atoms with E-state index in [-0.39, 0.29) is 0 Å². The largest absolute Gasteiger partial charge is 0.283 e. The fraction of sp³-hybridized carbons (Fsp3) is 0.240. The lowest BCUT2D eigenvalue weighted by atomic mass is 9.87. The zero-order chi connectivity index (χ0) is 20.1. The molecule has 5 aromatic rings. The molecular weight excluding hydrogens is 356 g/mol. The minimum Gasteiger partial charge on any atom is -0.283 e. The predicted octanol–water partition coefficient (Wildman–Crippen LogP) is 6.34. The molecule has 3 heterocycles. The Kier molecular flexibility index (Phi) is 4.09. The van der Waals surface area contributed by atoms with Gasteiger partial charge in [-0.3, -0.25) is 4.40 Å². The average molecular weight is 380 g/mol. The molecule has 0 atom stereocenters. The minimum atomic E-state index is 0.421. The van der Waals surface area contributed by atoms with Gasteiger partial charge in [-0.2, -0.15) is 0 Å². The summed E-state index contributed by atoms with van der Waals surface area (Å²) < 4.78 is 2.12. The summed E-state index contributed by atoms with van der Waals surface area (Å²) in [4.78, 5) is 14.0. The molecule has 0 fully saturated rings. The Balaban J connectivity index is 1.93. The summed E-state index contributed by atoms with van der Waals surface area (Å²) in [5.74, 6) is 0.841. The summed E-state index contributed by atoms with van der Waals surface area (Å²) in [6, 6.07) is 15.0. The first-order chi connectivity index (χ1) is 14.1. The fourth-order valence-electron chi connectivity index (χ4n) is 4.32. The number of hydrogen-bond donors (Lipinski definition) is 0. The number of nitrogens with zero attached hydrogens (tertiary/aromatic N) is 4. The number of rotatable bonds is 3. The van der Waals surface area contributed by atoms with Crippen molar-refractivity contribution < 1.29 is 0 Å². The highest BCUT2D eigenvalue weighted by Gasteiger charge is 2.20. The quantitative estimate of drug-likeness (QED) is 0.343. The van der Waals surface area contributed by atoms with Gasteiger partial charge >= 0.3 is 0 Å². The van der Waals surface area contributed by atoms with Crippen LogP contribution < -0.4 is 0 Å². The van der Waals surface area contributed by atoms with Crippen LogP contribution in [0.1, 0.15) is 50.7 Å². The van der Waals surface area contributed by atoms with Gasteiger partial charge in [0.2, 0.25) is 0 Å². The van der Waals surface area contributed by atoms with Crippen LogP contribution in [0, 0.1) is 0 Å². The van der Waals surface area contributed by atoms with Crippen molar-refractivity contribution in [2.45, 2.75) is 39.5 Å². The van der Waals surface area contributed by atoms with Crippen LogP contribution in [0.3, 0.4) is 0 Å². The van der Waals surface area contributed by atoms with Gasteiger partial charge in [-0.15, -0.1) is 0 Å². The predicted molar refractivity (Wildman–Crippen MR) is 119 cm³/mol. The smallest absolute Gasteiger partial charge is 0.149 e. The molecule has 5 rings (SSSR count). The molecule has 4 heteroatoms. The van der Waals surface area contributed by atoms with Gasteiger partial charge in [0.1, 0.15) is 17.6 Å². The van der Waals surface area contributed by atoms with Crippen molar-refractivity contribution >= 4 is 27.5 Å². The fourth-order valence-corrected chi connectivity index (χ4v) is 4.32. The molecule has 4 nitrogen and oxygen atoms in total. The second kappa shape index (κ2) is 6.66. The minimum absolute atomic E-state index is 0.421. The van der Waals surface area contributed by atoms with Crippen LogP contribution in [-0.4, -0.2) is 19.4 Å². The maximum absolute atomic E-state index is 5.15. The Morgan fingerprint density at radius 3 is 2.14 bits per heavy atom. The Morgan fingerprint density at radius 1 is 0.759 bits per heavy atom. The number of fused-ring (bicyclic) bond motifs is 6. The summed E-state index contributed by atoms with van der Waals surface area (Å²) in [5, 5.41) is 3.30. The highest BCUT2D eigenvalue weighted by molar-refractivity contribution is 6.10. The first kappa shape index (κ1) is 17.8. The number of benzene rings is 2. The van der Waals surface area contributed by atoms with E-state index in [0.717, 1.165) is 33.1 Å². The molecule has 0 saturated carbocycles. The van der Waals surface area contributed by atoms with Crippen molar-refractivity contribution in [3.8, 4) is 11.3 Å². The summed E-state index contributed by atoms with van der Waals surface area (Å²) in [7, 11) is 0. The van der Waals surface area contributed by atoms with E-state index in [9.17, 15) is 0 Å². The van der Waals surface area contributed by atoms with Crippen LogP contribution in [0.5, 0.6) is 0 Å². The van der Waals surface area contributed by atoms with Gasteiger partial charge in [-0.1, -0.05) is 70.2 Å². The van der Waals surface area contributed by atoms with E-state index in [4.69, 9.17) is 4.98 Å². The maximum atomic E-state index is 5.15. The van der Waals surface area contributed by atoms with Crippen molar-refractivity contribution in [3.05, 3.63) is 72.3 Å². The van der Waals surface area contributed by atoms with Crippen molar-refractivity contribution in [3.63, 3.8) is 0 Å². The summed E-state index contributed by atoms with van der Waals surface area (Å²) in [5.41, 5.74) is 6.77. The summed E-state index contributed by atoms with van der Waals surface area (Å²) >= 11 is 0. The third-order valence-corrected chi connectivity index (χ3v) is 5.71. The Hall–Kier alpha value is -3.27. The summed E-state index contributed by atoms with van der Waals surface area (Å²) in [6.45, 7) is 8.99. The maximum Gasteiger partial charge on any atom is 0.149 e. The Labute approximate surface area is 170 Å². The molecule has 0 radical (unpaired) electrons. The van der Waals surface area contributed by atoms with Crippen LogP contribution >= 0.6 is 0 Å². The molecular formula is C25H24N4. The molecule has 0 saturated heterocycles. The van der Waals surface area contributed by atoms with Crippen LogP contribution in [0.4, 0.5) is 0 Å². The van der Waals surface area contributed by atoms with E-state index in [2.05, 4.69) is 90.7 Å². The average Bonchev–Trinajstić information content (AvgIpc) is 3.19. The van der Waals surface area contributed by atoms with Gasteiger partial charge in [0.25, 0.3) is 0 Å². The highest BCUT2D eigenvalue weighted by atomic mass is 15.1. The standard InChI is InChI=1S/C25H24N4/c1-15(2)17-10-7-11-18(16(3)4)23(17)22-13-29-24-21(12-26-14-27-24)19-8-5-6-9-20(19)25(29)28-22/h5-16H,1-4H3. The van der Waals surface area contributed by atoms with Crippen LogP contribution in [-0.2, 0) is 0 Å². The lowest BCUT2D eigenvalue weighted by Gasteiger charge is -2.18. The molecule has 0 unspecified atom stereocenters. The zero-order valence-electron chi connectivity index (χ0n) is 17.2. The molecule has 0 aliphatic carbocycles. The lowest BCUT2D eigenvalue weighted by molar-refractivity contribution is 0.837. The van der Waals surface area contributed by atoms with E-state index in [1.807, 2.05) is 6.20 Å². The molecule has 0 aliphatic heterocycles. The monoisotopic (exact) mass is 380 g/mol. The van der Waals surface area contributed by atoms with Crippen LogP contribution in [0.2, 0.25) is 0 Å². The van der Waals surface area contributed by atoms with Crippen LogP contribution in [0.25, 0.3) is 38.7 Å². The van der Waals surface area contributed by atoms with Crippen molar-refractivity contribution in [1.29, 1.82) is 0 Å². The number of imidazole rings is 1. The Morgan fingerprint density at radius 2 is 1.45 bits per heavy atom. The van der Waals surface area contributed by atoms with E-state index < -0.39 is 0 Å². The Bertz CT molecular complexity index is 1260. The second-order valence-electron chi connectivity index (χ2n) is 8.25. The van der Waals surface area contributed by atoms with Crippen molar-refractivity contribution in [2.24, 2.45) is 0 Å². The van der Waals surface area contributed by atoms with Crippen LogP contribution in [0.15, 0.2) is 61.2 Å². The van der Waals surface area contributed by atoms with E-state index in [1.54, 1.807) is 6.33 Å². The molecule has 3 aromatic heterocycles. The normalized spacial score (nSPS) is 12.1. The van der Waals surface area contributed by atoms with E-state index >= 15 is 0 Å². The molecule has 29 heavy (non-hydrogen) atoms. The van der Waals surface area contributed by atoms with Gasteiger partial charge in [0.05, 0.1) is 5.69 Å². The third-order valence-electron chi connectivity index (χ3n) is 5.71. The molecule has 0 aliphatic rings. The highest BCUT2D eigenvalue weighted by Crippen LogP contribution is 2.37. The molecule has 0 bridgehead atoms. The van der Waals surface area contributed by atoms with E-state index in [0.29, 0.717) is 11.8 Å².